The maximum absolute atomic E-state index is 12.6. The zero-order chi connectivity index (χ0) is 22.1. The van der Waals surface area contributed by atoms with E-state index in [9.17, 15) is 9.90 Å². The summed E-state index contributed by atoms with van der Waals surface area (Å²) >= 11 is 6.05. The van der Waals surface area contributed by atoms with Crippen molar-refractivity contribution >= 4 is 51.0 Å². The number of benzene rings is 4. The molecule has 4 aromatic rings. The molecule has 0 unspecified atom stereocenters. The first-order valence-corrected chi connectivity index (χ1v) is 10.6. The molecule has 5 rings (SSSR count). The van der Waals surface area contributed by atoms with E-state index in [0.717, 1.165) is 23.6 Å². The van der Waals surface area contributed by atoms with Crippen molar-refractivity contribution in [1.29, 1.82) is 0 Å². The summed E-state index contributed by atoms with van der Waals surface area (Å²) in [5, 5.41) is 18.5. The number of nitrogens with one attached hydrogen (secondary N) is 2. The van der Waals surface area contributed by atoms with Crippen molar-refractivity contribution in [3.8, 4) is 5.75 Å². The number of hydrogen-bond donors (Lipinski definition) is 3. The molecule has 0 radical (unpaired) electrons. The molecule has 5 nitrogen and oxygen atoms in total. The highest BCUT2D eigenvalue weighted by atomic mass is 35.5. The Morgan fingerprint density at radius 3 is 2.62 bits per heavy atom. The fourth-order valence-corrected chi connectivity index (χ4v) is 4.08. The zero-order valence-electron chi connectivity index (χ0n) is 17.0. The second-order valence-corrected chi connectivity index (χ2v) is 7.83. The van der Waals surface area contributed by atoms with E-state index in [1.165, 1.54) is 16.8 Å². The molecule has 0 spiro atoms. The third-order valence-electron chi connectivity index (χ3n) is 5.44. The number of aromatic hydroxyl groups is 1. The van der Waals surface area contributed by atoms with E-state index in [1.807, 2.05) is 42.6 Å². The summed E-state index contributed by atoms with van der Waals surface area (Å²) in [5.41, 5.74) is 3.96. The van der Waals surface area contributed by atoms with E-state index in [1.54, 1.807) is 12.1 Å². The average molecular weight is 442 g/mol. The number of fused-ring (bicyclic) bond motifs is 3. The Hall–Kier alpha value is -3.96. The molecule has 0 saturated carbocycles. The molecule has 0 bridgehead atoms. The first-order chi connectivity index (χ1) is 15.6. The number of hydrogen-bond acceptors (Lipinski definition) is 4. The van der Waals surface area contributed by atoms with E-state index in [0.29, 0.717) is 5.69 Å². The SMILES string of the molecule is O=C(Nc1ccc(N2C=CCNc3c2ccc2ccccc32)cc1)c1cccc(O)c1Cl. The van der Waals surface area contributed by atoms with Crippen LogP contribution in [0.3, 0.4) is 0 Å². The molecule has 158 valence electrons. The van der Waals surface area contributed by atoms with E-state index < -0.39 is 0 Å². The number of halogens is 1. The van der Waals surface area contributed by atoms with Gasteiger partial charge in [0.1, 0.15) is 5.75 Å². The van der Waals surface area contributed by atoms with Crippen LogP contribution in [0.1, 0.15) is 10.4 Å². The van der Waals surface area contributed by atoms with Gasteiger partial charge in [0.05, 0.1) is 22.0 Å². The number of amides is 1. The van der Waals surface area contributed by atoms with Gasteiger partial charge in [0.15, 0.2) is 0 Å². The fraction of sp³-hybridized carbons (Fsp3) is 0.0385. The normalized spacial score (nSPS) is 12.7. The minimum atomic E-state index is -0.380. The van der Waals surface area contributed by atoms with Crippen LogP contribution in [-0.2, 0) is 0 Å². The second kappa shape index (κ2) is 8.29. The topological polar surface area (TPSA) is 64.6 Å². The van der Waals surface area contributed by atoms with Gasteiger partial charge in [0, 0.05) is 29.5 Å². The lowest BCUT2D eigenvalue weighted by atomic mass is 10.1. The van der Waals surface area contributed by atoms with Gasteiger partial charge in [-0.3, -0.25) is 4.79 Å². The molecule has 1 heterocycles. The zero-order valence-corrected chi connectivity index (χ0v) is 17.8. The lowest BCUT2D eigenvalue weighted by Gasteiger charge is -2.23. The number of phenolic OH excluding ortho intramolecular Hbond substituents is 1. The Morgan fingerprint density at radius 2 is 1.78 bits per heavy atom. The van der Waals surface area contributed by atoms with Gasteiger partial charge in [0.25, 0.3) is 5.91 Å². The number of anilines is 4. The molecular formula is C26H20ClN3O2. The third-order valence-corrected chi connectivity index (χ3v) is 5.84. The number of rotatable bonds is 3. The summed E-state index contributed by atoms with van der Waals surface area (Å²) in [6.45, 7) is 0.732. The Kier molecular flexibility index (Phi) is 5.17. The van der Waals surface area contributed by atoms with Crippen molar-refractivity contribution in [3.63, 3.8) is 0 Å². The number of phenols is 1. The molecule has 1 amide bonds. The quantitative estimate of drug-likeness (QED) is 0.338. The molecule has 0 saturated heterocycles. The number of carbonyl (C=O) groups excluding carboxylic acids is 1. The van der Waals surface area contributed by atoms with Gasteiger partial charge in [-0.15, -0.1) is 0 Å². The second-order valence-electron chi connectivity index (χ2n) is 7.46. The standard InChI is InChI=1S/C26H20ClN3O2/c27-24-21(7-3-8-23(24)31)26(32)29-18-10-12-19(13-11-18)30-16-4-15-28-25-20-6-2-1-5-17(20)9-14-22(25)30/h1-14,16,28,31H,15H2,(H,29,32). The minimum absolute atomic E-state index is 0.0349. The smallest absolute Gasteiger partial charge is 0.257 e. The Bertz CT molecular complexity index is 1350. The van der Waals surface area contributed by atoms with Crippen LogP contribution in [0.2, 0.25) is 5.02 Å². The lowest BCUT2D eigenvalue weighted by Crippen LogP contribution is -2.13. The lowest BCUT2D eigenvalue weighted by molar-refractivity contribution is 0.102. The van der Waals surface area contributed by atoms with Crippen molar-refractivity contribution in [3.05, 3.63) is 102 Å². The maximum atomic E-state index is 12.6. The van der Waals surface area contributed by atoms with Gasteiger partial charge in [0.2, 0.25) is 0 Å². The molecule has 0 aliphatic carbocycles. The third kappa shape index (κ3) is 3.63. The Labute approximate surface area is 190 Å². The van der Waals surface area contributed by atoms with Crippen molar-refractivity contribution in [1.82, 2.24) is 0 Å². The summed E-state index contributed by atoms with van der Waals surface area (Å²) in [6, 6.07) is 24.7. The molecule has 1 aliphatic heterocycles. The summed E-state index contributed by atoms with van der Waals surface area (Å²) in [7, 11) is 0. The molecule has 0 atom stereocenters. The van der Waals surface area contributed by atoms with Crippen molar-refractivity contribution < 1.29 is 9.90 Å². The highest BCUT2D eigenvalue weighted by Crippen LogP contribution is 2.39. The maximum Gasteiger partial charge on any atom is 0.257 e. The Balaban J connectivity index is 1.44. The van der Waals surface area contributed by atoms with Crippen LogP contribution < -0.4 is 15.5 Å². The van der Waals surface area contributed by atoms with Gasteiger partial charge in [-0.25, -0.2) is 0 Å². The predicted molar refractivity (Wildman–Crippen MR) is 131 cm³/mol. The Morgan fingerprint density at radius 1 is 0.969 bits per heavy atom. The molecule has 0 fully saturated rings. The minimum Gasteiger partial charge on any atom is -0.506 e. The molecule has 3 N–H and O–H groups in total. The predicted octanol–water partition coefficient (Wildman–Crippen LogP) is 6.53. The van der Waals surface area contributed by atoms with Crippen LogP contribution in [0.25, 0.3) is 10.8 Å². The molecule has 0 aromatic heterocycles. The van der Waals surface area contributed by atoms with Gasteiger partial charge >= 0.3 is 0 Å². The molecule has 6 heteroatoms. The van der Waals surface area contributed by atoms with E-state index in [-0.39, 0.29) is 22.2 Å². The number of nitrogens with zero attached hydrogens (tertiary/aromatic N) is 1. The first-order valence-electron chi connectivity index (χ1n) is 10.2. The average Bonchev–Trinajstić information content (AvgIpc) is 3.04. The van der Waals surface area contributed by atoms with Crippen LogP contribution in [-0.4, -0.2) is 17.6 Å². The van der Waals surface area contributed by atoms with Gasteiger partial charge in [-0.05, 0) is 53.9 Å². The van der Waals surface area contributed by atoms with Crippen LogP contribution >= 0.6 is 11.6 Å². The fourth-order valence-electron chi connectivity index (χ4n) is 3.87. The highest BCUT2D eigenvalue weighted by molar-refractivity contribution is 6.35. The van der Waals surface area contributed by atoms with Crippen LogP contribution in [0.5, 0.6) is 5.75 Å². The summed E-state index contributed by atoms with van der Waals surface area (Å²) < 4.78 is 0. The van der Waals surface area contributed by atoms with Crippen molar-refractivity contribution in [2.24, 2.45) is 0 Å². The van der Waals surface area contributed by atoms with Gasteiger partial charge in [-0.1, -0.05) is 48.0 Å². The van der Waals surface area contributed by atoms with Gasteiger partial charge < -0.3 is 20.6 Å². The summed E-state index contributed by atoms with van der Waals surface area (Å²) in [6.07, 6.45) is 4.13. The van der Waals surface area contributed by atoms with E-state index >= 15 is 0 Å². The van der Waals surface area contributed by atoms with Crippen LogP contribution in [0.15, 0.2) is 91.1 Å². The molecule has 32 heavy (non-hydrogen) atoms. The van der Waals surface area contributed by atoms with E-state index in [2.05, 4.69) is 45.9 Å². The molecular weight excluding hydrogens is 422 g/mol. The highest BCUT2D eigenvalue weighted by Gasteiger charge is 2.17. The number of carbonyl (C=O) groups is 1. The largest absolute Gasteiger partial charge is 0.506 e. The molecule has 4 aromatic carbocycles. The van der Waals surface area contributed by atoms with Crippen molar-refractivity contribution in [2.75, 3.05) is 22.1 Å². The summed E-state index contributed by atoms with van der Waals surface area (Å²) in [4.78, 5) is 14.7. The summed E-state index contributed by atoms with van der Waals surface area (Å²) in [5.74, 6) is -0.503. The van der Waals surface area contributed by atoms with Crippen molar-refractivity contribution in [2.45, 2.75) is 0 Å². The van der Waals surface area contributed by atoms with Gasteiger partial charge in [-0.2, -0.15) is 0 Å². The van der Waals surface area contributed by atoms with Crippen LogP contribution in [0.4, 0.5) is 22.7 Å². The van der Waals surface area contributed by atoms with E-state index in [4.69, 9.17) is 11.6 Å². The van der Waals surface area contributed by atoms with Crippen LogP contribution in [0, 0.1) is 0 Å². The monoisotopic (exact) mass is 441 g/mol. The first kappa shape index (κ1) is 20.0. The molecule has 1 aliphatic rings.